The van der Waals surface area contributed by atoms with Crippen molar-refractivity contribution in [3.8, 4) is 0 Å². The molecule has 2 aliphatic carbocycles. The predicted molar refractivity (Wildman–Crippen MR) is 99.7 cm³/mol. The highest BCUT2D eigenvalue weighted by atomic mass is 16.2. The van der Waals surface area contributed by atoms with E-state index < -0.39 is 11.8 Å². The van der Waals surface area contributed by atoms with Crippen molar-refractivity contribution >= 4 is 23.4 Å². The highest BCUT2D eigenvalue weighted by Crippen LogP contribution is 2.26. The van der Waals surface area contributed by atoms with E-state index in [1.165, 1.54) is 6.42 Å². The van der Waals surface area contributed by atoms with Gasteiger partial charge in [-0.2, -0.15) is 0 Å². The summed E-state index contributed by atoms with van der Waals surface area (Å²) in [6.07, 6.45) is 7.16. The summed E-state index contributed by atoms with van der Waals surface area (Å²) in [6, 6.07) is 7.05. The number of anilines is 1. The molecule has 0 aliphatic heterocycles. The molecule has 26 heavy (non-hydrogen) atoms. The molecular formula is C20H27N3O3. The minimum atomic E-state index is -0.728. The van der Waals surface area contributed by atoms with Crippen LogP contribution in [0.25, 0.3) is 0 Å². The average Bonchev–Trinajstić information content (AvgIpc) is 3.46. The van der Waals surface area contributed by atoms with Gasteiger partial charge in [0, 0.05) is 12.1 Å². The van der Waals surface area contributed by atoms with Gasteiger partial charge in [0.2, 0.25) is 0 Å². The van der Waals surface area contributed by atoms with Crippen LogP contribution >= 0.6 is 0 Å². The molecule has 6 heteroatoms. The average molecular weight is 357 g/mol. The number of nitrogens with one attached hydrogen (secondary N) is 3. The summed E-state index contributed by atoms with van der Waals surface area (Å²) in [7, 11) is 0. The first-order valence-corrected chi connectivity index (χ1v) is 9.58. The second kappa shape index (κ2) is 8.34. The minimum Gasteiger partial charge on any atom is -0.349 e. The molecule has 0 unspecified atom stereocenters. The van der Waals surface area contributed by atoms with Gasteiger partial charge in [-0.15, -0.1) is 0 Å². The maximum atomic E-state index is 12.3. The van der Waals surface area contributed by atoms with Crippen molar-refractivity contribution in [1.82, 2.24) is 10.6 Å². The Balaban J connectivity index is 1.55. The Kier molecular flexibility index (Phi) is 5.91. The Bertz CT molecular complexity index is 677. The van der Waals surface area contributed by atoms with E-state index in [1.807, 2.05) is 0 Å². The first-order chi connectivity index (χ1) is 12.6. The van der Waals surface area contributed by atoms with E-state index in [4.69, 9.17) is 0 Å². The zero-order chi connectivity index (χ0) is 18.5. The number of carbonyl (C=O) groups is 3. The third kappa shape index (κ3) is 4.84. The van der Waals surface area contributed by atoms with E-state index in [0.29, 0.717) is 11.3 Å². The molecule has 0 atom stereocenters. The lowest BCUT2D eigenvalue weighted by Gasteiger charge is -2.28. The molecule has 2 aliphatic rings. The molecule has 0 saturated heterocycles. The molecule has 6 nitrogen and oxygen atoms in total. The van der Waals surface area contributed by atoms with Crippen LogP contribution < -0.4 is 16.0 Å². The van der Waals surface area contributed by atoms with Crippen LogP contribution in [0.1, 0.15) is 62.2 Å². The zero-order valence-corrected chi connectivity index (χ0v) is 15.2. The van der Waals surface area contributed by atoms with Crippen LogP contribution in [0.15, 0.2) is 24.3 Å². The second-order valence-corrected chi connectivity index (χ2v) is 7.35. The fraction of sp³-hybridized carbons (Fsp3) is 0.550. The van der Waals surface area contributed by atoms with Gasteiger partial charge >= 0.3 is 11.8 Å². The number of hydrogen-bond acceptors (Lipinski definition) is 3. The number of carbonyl (C=O) groups excluding carboxylic acids is 3. The largest absolute Gasteiger partial charge is 0.349 e. The Morgan fingerprint density at radius 1 is 0.885 bits per heavy atom. The first-order valence-electron chi connectivity index (χ1n) is 9.58. The molecule has 0 bridgehead atoms. The van der Waals surface area contributed by atoms with Gasteiger partial charge in [0.25, 0.3) is 5.91 Å². The zero-order valence-electron chi connectivity index (χ0n) is 15.2. The van der Waals surface area contributed by atoms with Crippen LogP contribution in [-0.2, 0) is 9.59 Å². The van der Waals surface area contributed by atoms with Crippen molar-refractivity contribution in [3.05, 3.63) is 29.8 Å². The van der Waals surface area contributed by atoms with Gasteiger partial charge in [-0.3, -0.25) is 14.4 Å². The SMILES string of the molecule is CCC1CCC(NC(=O)C(=O)Nc2ccccc2C(=O)NC2CC2)CC1. The lowest BCUT2D eigenvalue weighted by Crippen LogP contribution is -2.43. The molecular weight excluding hydrogens is 330 g/mol. The monoisotopic (exact) mass is 357 g/mol. The molecule has 0 radical (unpaired) electrons. The van der Waals surface area contributed by atoms with Crippen LogP contribution in [0.4, 0.5) is 5.69 Å². The van der Waals surface area contributed by atoms with E-state index in [0.717, 1.165) is 44.4 Å². The molecule has 3 N–H and O–H groups in total. The van der Waals surface area contributed by atoms with Crippen molar-refractivity contribution < 1.29 is 14.4 Å². The van der Waals surface area contributed by atoms with Crippen molar-refractivity contribution in [3.63, 3.8) is 0 Å². The summed E-state index contributed by atoms with van der Waals surface area (Å²) in [5, 5.41) is 8.30. The molecule has 2 saturated carbocycles. The van der Waals surface area contributed by atoms with Crippen LogP contribution in [0.5, 0.6) is 0 Å². The number of rotatable bonds is 5. The molecule has 0 spiro atoms. The molecule has 2 fully saturated rings. The van der Waals surface area contributed by atoms with Crippen molar-refractivity contribution in [2.45, 2.75) is 64.0 Å². The van der Waals surface area contributed by atoms with E-state index in [-0.39, 0.29) is 18.0 Å². The third-order valence-corrected chi connectivity index (χ3v) is 5.30. The van der Waals surface area contributed by atoms with Crippen LogP contribution in [-0.4, -0.2) is 29.8 Å². The highest BCUT2D eigenvalue weighted by molar-refractivity contribution is 6.40. The second-order valence-electron chi connectivity index (χ2n) is 7.35. The van der Waals surface area contributed by atoms with Crippen molar-refractivity contribution in [2.75, 3.05) is 5.32 Å². The van der Waals surface area contributed by atoms with Gasteiger partial charge in [-0.25, -0.2) is 0 Å². The van der Waals surface area contributed by atoms with Gasteiger partial charge in [0.05, 0.1) is 11.3 Å². The normalized spacial score (nSPS) is 22.3. The summed E-state index contributed by atoms with van der Waals surface area (Å²) < 4.78 is 0. The number of amides is 3. The number of para-hydroxylation sites is 1. The molecule has 140 valence electrons. The number of hydrogen-bond donors (Lipinski definition) is 3. The summed E-state index contributed by atoms with van der Waals surface area (Å²) in [5.41, 5.74) is 0.740. The maximum absolute atomic E-state index is 12.3. The van der Waals surface area contributed by atoms with Gasteiger partial charge in [0.15, 0.2) is 0 Å². The van der Waals surface area contributed by atoms with E-state index in [2.05, 4.69) is 22.9 Å². The Morgan fingerprint density at radius 2 is 1.50 bits per heavy atom. The van der Waals surface area contributed by atoms with Crippen LogP contribution in [0, 0.1) is 5.92 Å². The van der Waals surface area contributed by atoms with Gasteiger partial charge in [-0.1, -0.05) is 25.5 Å². The smallest absolute Gasteiger partial charge is 0.313 e. The summed E-state index contributed by atoms with van der Waals surface area (Å²) >= 11 is 0. The topological polar surface area (TPSA) is 87.3 Å². The fourth-order valence-electron chi connectivity index (χ4n) is 3.43. The van der Waals surface area contributed by atoms with Crippen LogP contribution in [0.2, 0.25) is 0 Å². The van der Waals surface area contributed by atoms with Gasteiger partial charge in [0.1, 0.15) is 0 Å². The lowest BCUT2D eigenvalue weighted by molar-refractivity contribution is -0.136. The minimum absolute atomic E-state index is 0.0597. The van der Waals surface area contributed by atoms with Crippen LogP contribution in [0.3, 0.4) is 0 Å². The molecule has 3 rings (SSSR count). The van der Waals surface area contributed by atoms with Crippen molar-refractivity contribution in [2.24, 2.45) is 5.92 Å². The Morgan fingerprint density at radius 3 is 2.15 bits per heavy atom. The number of benzene rings is 1. The molecule has 1 aromatic rings. The Labute approximate surface area is 154 Å². The third-order valence-electron chi connectivity index (χ3n) is 5.30. The van der Waals surface area contributed by atoms with Gasteiger partial charge in [-0.05, 0) is 56.6 Å². The molecule has 3 amide bonds. The fourth-order valence-corrected chi connectivity index (χ4v) is 3.43. The summed E-state index contributed by atoms with van der Waals surface area (Å²) in [4.78, 5) is 36.8. The molecule has 0 aromatic heterocycles. The lowest BCUT2D eigenvalue weighted by atomic mass is 9.84. The molecule has 1 aromatic carbocycles. The quantitative estimate of drug-likeness (QED) is 0.708. The van der Waals surface area contributed by atoms with E-state index in [1.54, 1.807) is 24.3 Å². The van der Waals surface area contributed by atoms with E-state index in [9.17, 15) is 14.4 Å². The van der Waals surface area contributed by atoms with Crippen molar-refractivity contribution in [1.29, 1.82) is 0 Å². The molecule has 0 heterocycles. The maximum Gasteiger partial charge on any atom is 0.313 e. The summed E-state index contributed by atoms with van der Waals surface area (Å²) in [5.74, 6) is -0.854. The standard InChI is InChI=1S/C20H27N3O3/c1-2-13-7-9-14(10-8-13)22-19(25)20(26)23-17-6-4-3-5-16(17)18(24)21-15-11-12-15/h3-6,13-15H,2,7-12H2,1H3,(H,21,24)(H,22,25)(H,23,26). The Hall–Kier alpha value is -2.37. The summed E-state index contributed by atoms with van der Waals surface area (Å²) in [6.45, 7) is 2.19. The predicted octanol–water partition coefficient (Wildman–Crippen LogP) is 2.60. The first kappa shape index (κ1) is 18.4. The van der Waals surface area contributed by atoms with E-state index >= 15 is 0 Å². The van der Waals surface area contributed by atoms with Gasteiger partial charge < -0.3 is 16.0 Å². The highest BCUT2D eigenvalue weighted by Gasteiger charge is 2.27.